The summed E-state index contributed by atoms with van der Waals surface area (Å²) in [6.07, 6.45) is 5.77. The average Bonchev–Trinajstić information content (AvgIpc) is 3.48. The van der Waals surface area contributed by atoms with Crippen LogP contribution in [0.3, 0.4) is 0 Å². The van der Waals surface area contributed by atoms with Gasteiger partial charge in [0.05, 0.1) is 6.10 Å². The highest BCUT2D eigenvalue weighted by Crippen LogP contribution is 2.30. The molecule has 0 aliphatic carbocycles. The summed E-state index contributed by atoms with van der Waals surface area (Å²) < 4.78 is 7.51. The third kappa shape index (κ3) is 3.26. The Labute approximate surface area is 164 Å². The Kier molecular flexibility index (Phi) is 4.72. The lowest BCUT2D eigenvalue weighted by molar-refractivity contribution is -0.119. The van der Waals surface area contributed by atoms with Crippen molar-refractivity contribution >= 4 is 17.5 Å². The van der Waals surface area contributed by atoms with Crippen LogP contribution in [0, 0.1) is 5.92 Å². The molecule has 1 amide bonds. The first-order valence-corrected chi connectivity index (χ1v) is 10.3. The first kappa shape index (κ1) is 17.6. The van der Waals surface area contributed by atoms with Crippen LogP contribution in [0.25, 0.3) is 0 Å². The summed E-state index contributed by atoms with van der Waals surface area (Å²) in [5.74, 6) is 1.26. The lowest BCUT2D eigenvalue weighted by Crippen LogP contribution is -2.38. The first-order chi connectivity index (χ1) is 13.8. The summed E-state index contributed by atoms with van der Waals surface area (Å²) >= 11 is 0. The number of nitrogens with zero attached hydrogens (tertiary/aromatic N) is 6. The zero-order chi connectivity index (χ0) is 18.9. The van der Waals surface area contributed by atoms with Gasteiger partial charge in [0.1, 0.15) is 6.54 Å². The van der Waals surface area contributed by atoms with E-state index in [9.17, 15) is 4.79 Å². The largest absolute Gasteiger partial charge is 0.378 e. The zero-order valence-corrected chi connectivity index (χ0v) is 16.0. The van der Waals surface area contributed by atoms with E-state index in [0.717, 1.165) is 64.0 Å². The van der Waals surface area contributed by atoms with E-state index >= 15 is 0 Å². The number of hydrogen-bond acceptors (Lipinski definition) is 6. The van der Waals surface area contributed by atoms with Gasteiger partial charge in [-0.1, -0.05) is 23.3 Å². The molecule has 0 radical (unpaired) electrons. The van der Waals surface area contributed by atoms with E-state index in [-0.39, 0.29) is 12.5 Å². The van der Waals surface area contributed by atoms with Gasteiger partial charge in [0.2, 0.25) is 11.9 Å². The van der Waals surface area contributed by atoms with Crippen molar-refractivity contribution in [3.8, 4) is 0 Å². The van der Waals surface area contributed by atoms with Gasteiger partial charge in [0.25, 0.3) is 0 Å². The molecule has 1 aromatic heterocycles. The molecular weight excluding hydrogens is 356 g/mol. The molecular formula is C20H26N6O2. The van der Waals surface area contributed by atoms with Crippen LogP contribution in [-0.4, -0.2) is 58.5 Å². The summed E-state index contributed by atoms with van der Waals surface area (Å²) in [5.41, 5.74) is 2.26. The fourth-order valence-corrected chi connectivity index (χ4v) is 4.78. The summed E-state index contributed by atoms with van der Waals surface area (Å²) in [5, 5.41) is 12.2. The Bertz CT molecular complexity index is 847. The molecule has 2 fully saturated rings. The number of benzene rings is 1. The fourth-order valence-electron chi connectivity index (χ4n) is 4.78. The van der Waals surface area contributed by atoms with Crippen molar-refractivity contribution < 1.29 is 9.53 Å². The van der Waals surface area contributed by atoms with Crippen molar-refractivity contribution in [1.29, 1.82) is 0 Å². The minimum absolute atomic E-state index is 0.0376. The Balaban J connectivity index is 1.29. The molecule has 148 valence electrons. The predicted molar refractivity (Wildman–Crippen MR) is 104 cm³/mol. The van der Waals surface area contributed by atoms with Crippen molar-refractivity contribution in [2.75, 3.05) is 36.0 Å². The highest BCUT2D eigenvalue weighted by atomic mass is 16.5. The van der Waals surface area contributed by atoms with Gasteiger partial charge in [-0.05, 0) is 54.2 Å². The number of para-hydroxylation sites is 1. The van der Waals surface area contributed by atoms with E-state index in [4.69, 9.17) is 4.74 Å². The van der Waals surface area contributed by atoms with Crippen LogP contribution in [0.5, 0.6) is 0 Å². The molecule has 2 saturated heterocycles. The van der Waals surface area contributed by atoms with Crippen molar-refractivity contribution in [2.45, 2.75) is 44.8 Å². The number of amides is 1. The number of carbonyl (C=O) groups excluding carboxylic acids is 1. The third-order valence-corrected chi connectivity index (χ3v) is 6.21. The standard InChI is InChI=1S/C20H26N6O2/c27-19(25-10-3-6-15-5-1-2-7-17(15)25)14-26-20(21-22-23-26)24-11-9-16(13-24)18-8-4-12-28-18/h1-2,5,7,16,18H,3-4,6,8-14H2. The van der Waals surface area contributed by atoms with Gasteiger partial charge in [-0.15, -0.1) is 0 Å². The summed E-state index contributed by atoms with van der Waals surface area (Å²) in [6, 6.07) is 8.15. The zero-order valence-electron chi connectivity index (χ0n) is 16.0. The molecule has 8 nitrogen and oxygen atoms in total. The fraction of sp³-hybridized carbons (Fsp3) is 0.600. The topological polar surface area (TPSA) is 76.4 Å². The minimum atomic E-state index is 0.0376. The van der Waals surface area contributed by atoms with E-state index in [1.807, 2.05) is 23.1 Å². The van der Waals surface area contributed by atoms with E-state index in [1.54, 1.807) is 4.68 Å². The van der Waals surface area contributed by atoms with Crippen molar-refractivity contribution in [3.63, 3.8) is 0 Å². The monoisotopic (exact) mass is 382 g/mol. The Hall–Kier alpha value is -2.48. The molecule has 8 heteroatoms. The Morgan fingerprint density at radius 3 is 3.00 bits per heavy atom. The van der Waals surface area contributed by atoms with Crippen molar-refractivity contribution in [3.05, 3.63) is 29.8 Å². The van der Waals surface area contributed by atoms with Gasteiger partial charge in [0.15, 0.2) is 0 Å². The van der Waals surface area contributed by atoms with Gasteiger partial charge in [0, 0.05) is 37.8 Å². The molecule has 2 atom stereocenters. The predicted octanol–water partition coefficient (Wildman–Crippen LogP) is 1.66. The molecule has 28 heavy (non-hydrogen) atoms. The number of anilines is 2. The second-order valence-electron chi connectivity index (χ2n) is 7.96. The highest BCUT2D eigenvalue weighted by Gasteiger charge is 2.34. The number of carbonyl (C=O) groups is 1. The molecule has 3 aliphatic rings. The van der Waals surface area contributed by atoms with E-state index in [2.05, 4.69) is 26.5 Å². The molecule has 0 spiro atoms. The maximum Gasteiger partial charge on any atom is 0.248 e. The number of ether oxygens (including phenoxy) is 1. The Morgan fingerprint density at radius 2 is 2.11 bits per heavy atom. The van der Waals surface area contributed by atoms with Gasteiger partial charge in [-0.25, -0.2) is 4.68 Å². The molecule has 0 bridgehead atoms. The number of tetrazole rings is 1. The van der Waals surface area contributed by atoms with Gasteiger partial charge in [-0.2, -0.15) is 0 Å². The van der Waals surface area contributed by atoms with Crippen molar-refractivity contribution in [2.24, 2.45) is 5.92 Å². The van der Waals surface area contributed by atoms with Crippen LogP contribution in [0.4, 0.5) is 11.6 Å². The number of aryl methyl sites for hydroxylation is 1. The minimum Gasteiger partial charge on any atom is -0.378 e. The number of fused-ring (bicyclic) bond motifs is 1. The molecule has 0 N–H and O–H groups in total. The molecule has 5 rings (SSSR count). The first-order valence-electron chi connectivity index (χ1n) is 10.3. The number of hydrogen-bond donors (Lipinski definition) is 0. The van der Waals surface area contributed by atoms with Crippen LogP contribution >= 0.6 is 0 Å². The molecule has 0 saturated carbocycles. The molecule has 2 aromatic rings. The van der Waals surface area contributed by atoms with Crippen molar-refractivity contribution in [1.82, 2.24) is 20.2 Å². The highest BCUT2D eigenvalue weighted by molar-refractivity contribution is 5.94. The van der Waals surface area contributed by atoms with Gasteiger partial charge >= 0.3 is 0 Å². The average molecular weight is 382 g/mol. The Morgan fingerprint density at radius 1 is 1.18 bits per heavy atom. The molecule has 1 aromatic carbocycles. The maximum absolute atomic E-state index is 13.0. The maximum atomic E-state index is 13.0. The molecule has 4 heterocycles. The van der Waals surface area contributed by atoms with E-state index < -0.39 is 0 Å². The second-order valence-corrected chi connectivity index (χ2v) is 7.96. The van der Waals surface area contributed by atoms with Crippen LogP contribution in [0.1, 0.15) is 31.2 Å². The van der Waals surface area contributed by atoms with Crippen LogP contribution in [-0.2, 0) is 22.5 Å². The van der Waals surface area contributed by atoms with E-state index in [0.29, 0.717) is 18.0 Å². The molecule has 2 unspecified atom stereocenters. The second kappa shape index (κ2) is 7.50. The number of rotatable bonds is 4. The summed E-state index contributed by atoms with van der Waals surface area (Å²) in [6.45, 7) is 3.60. The quantitative estimate of drug-likeness (QED) is 0.800. The summed E-state index contributed by atoms with van der Waals surface area (Å²) in [7, 11) is 0. The SMILES string of the molecule is O=C(Cn1nnnc1N1CCC(C2CCCO2)C1)N1CCCc2ccccc21. The van der Waals surface area contributed by atoms with Gasteiger partial charge < -0.3 is 14.5 Å². The van der Waals surface area contributed by atoms with E-state index in [1.165, 1.54) is 5.56 Å². The lowest BCUT2D eigenvalue weighted by atomic mass is 9.99. The lowest BCUT2D eigenvalue weighted by Gasteiger charge is -2.29. The molecule has 3 aliphatic heterocycles. The third-order valence-electron chi connectivity index (χ3n) is 6.21. The van der Waals surface area contributed by atoms with Gasteiger partial charge in [-0.3, -0.25) is 4.79 Å². The van der Waals surface area contributed by atoms with Crippen LogP contribution in [0.2, 0.25) is 0 Å². The summed E-state index contributed by atoms with van der Waals surface area (Å²) in [4.78, 5) is 17.1. The van der Waals surface area contributed by atoms with Crippen LogP contribution in [0.15, 0.2) is 24.3 Å². The van der Waals surface area contributed by atoms with Crippen LogP contribution < -0.4 is 9.80 Å². The number of aromatic nitrogens is 4. The smallest absolute Gasteiger partial charge is 0.248 e. The normalized spacial score (nSPS) is 24.6.